The minimum Gasteiger partial charge on any atom is -0.305 e. The number of fused-ring (bicyclic) bond motifs is 2. The lowest BCUT2D eigenvalue weighted by Crippen LogP contribution is -2.13. The van der Waals surface area contributed by atoms with Gasteiger partial charge in [-0.05, 0) is 50.6 Å². The van der Waals surface area contributed by atoms with Gasteiger partial charge in [0.05, 0.1) is 10.9 Å². The van der Waals surface area contributed by atoms with E-state index in [2.05, 4.69) is 42.5 Å². The molecule has 2 aromatic carbocycles. The summed E-state index contributed by atoms with van der Waals surface area (Å²) in [5.74, 6) is 0.395. The van der Waals surface area contributed by atoms with E-state index in [-0.39, 0.29) is 5.91 Å². The Bertz CT molecular complexity index is 1160. The van der Waals surface area contributed by atoms with Crippen LogP contribution in [0.15, 0.2) is 48.5 Å². The number of benzene rings is 2. The Hall–Kier alpha value is -3.21. The molecule has 0 radical (unpaired) electrons. The lowest BCUT2D eigenvalue weighted by atomic mass is 10.1. The third kappa shape index (κ3) is 3.28. The average Bonchev–Trinajstić information content (AvgIpc) is 2.97. The van der Waals surface area contributed by atoms with Gasteiger partial charge >= 0.3 is 0 Å². The first-order chi connectivity index (χ1) is 13.0. The van der Waals surface area contributed by atoms with E-state index in [1.807, 2.05) is 41.9 Å². The molecule has 0 spiro atoms. The predicted molar refractivity (Wildman–Crippen MR) is 109 cm³/mol. The molecule has 4 rings (SSSR count). The molecular formula is C22H22N4O. The Balaban J connectivity index is 1.82. The molecule has 5 heteroatoms. The molecule has 0 aliphatic heterocycles. The minimum absolute atomic E-state index is 0.161. The molecule has 0 unspecified atom stereocenters. The predicted octanol–water partition coefficient (Wildman–Crippen LogP) is 4.86. The number of hydrogen-bond acceptors (Lipinski definition) is 3. The van der Waals surface area contributed by atoms with Crippen LogP contribution in [0.3, 0.4) is 0 Å². The fourth-order valence-corrected chi connectivity index (χ4v) is 3.30. The highest BCUT2D eigenvalue weighted by Crippen LogP contribution is 2.27. The zero-order valence-electron chi connectivity index (χ0n) is 15.8. The number of carbonyl (C=O) groups is 1. The first kappa shape index (κ1) is 17.2. The van der Waals surface area contributed by atoms with Gasteiger partial charge in [0, 0.05) is 17.5 Å². The maximum absolute atomic E-state index is 12.7. The molecule has 2 heterocycles. The molecule has 0 atom stereocenters. The van der Waals surface area contributed by atoms with Gasteiger partial charge in [0.1, 0.15) is 0 Å². The first-order valence-electron chi connectivity index (χ1n) is 9.21. The highest BCUT2D eigenvalue weighted by atomic mass is 16.1. The highest BCUT2D eigenvalue weighted by molar-refractivity contribution is 6.08. The summed E-state index contributed by atoms with van der Waals surface area (Å²) in [5.41, 5.74) is 4.58. The van der Waals surface area contributed by atoms with Crippen LogP contribution in [0.25, 0.3) is 21.9 Å². The van der Waals surface area contributed by atoms with Crippen molar-refractivity contribution in [3.05, 3.63) is 65.2 Å². The first-order valence-corrected chi connectivity index (χ1v) is 9.21. The van der Waals surface area contributed by atoms with Gasteiger partial charge in [0.25, 0.3) is 5.91 Å². The number of anilines is 1. The lowest BCUT2D eigenvalue weighted by molar-refractivity contribution is 0.102. The van der Waals surface area contributed by atoms with Crippen LogP contribution in [-0.2, 0) is 6.54 Å². The number of rotatable bonds is 4. The zero-order valence-corrected chi connectivity index (χ0v) is 15.8. The van der Waals surface area contributed by atoms with Crippen molar-refractivity contribution in [2.45, 2.75) is 33.7 Å². The van der Waals surface area contributed by atoms with Gasteiger partial charge in [-0.25, -0.2) is 9.67 Å². The number of aryl methyl sites for hydroxylation is 3. The van der Waals surface area contributed by atoms with E-state index >= 15 is 0 Å². The smallest absolute Gasteiger partial charge is 0.256 e. The zero-order chi connectivity index (χ0) is 19.0. The Labute approximate surface area is 158 Å². The molecule has 136 valence electrons. The molecule has 5 nitrogen and oxygen atoms in total. The summed E-state index contributed by atoms with van der Waals surface area (Å²) in [6, 6.07) is 15.8. The highest BCUT2D eigenvalue weighted by Gasteiger charge is 2.16. The molecule has 4 aromatic rings. The summed E-state index contributed by atoms with van der Waals surface area (Å²) in [6.45, 7) is 6.88. The van der Waals surface area contributed by atoms with Gasteiger partial charge in [0.15, 0.2) is 11.5 Å². The Morgan fingerprint density at radius 3 is 2.67 bits per heavy atom. The van der Waals surface area contributed by atoms with Crippen molar-refractivity contribution in [2.75, 3.05) is 5.32 Å². The van der Waals surface area contributed by atoms with Crippen LogP contribution >= 0.6 is 0 Å². The van der Waals surface area contributed by atoms with Gasteiger partial charge in [-0.1, -0.05) is 36.2 Å². The van der Waals surface area contributed by atoms with E-state index < -0.39 is 0 Å². The number of aromatic nitrogens is 3. The molecule has 0 aliphatic carbocycles. The maximum atomic E-state index is 12.7. The standard InChI is InChI=1S/C22H22N4O/c1-4-10-26-21-18(13-17-12-15(3)8-9-19(17)23-21)20(25-26)24-22(27)16-7-5-6-14(2)11-16/h5-9,11-13H,4,10H2,1-3H3,(H,24,25,27). The molecule has 1 amide bonds. The SMILES string of the molecule is CCCn1nc(NC(=O)c2cccc(C)c2)c2cc3cc(C)ccc3nc21. The van der Waals surface area contributed by atoms with E-state index in [0.717, 1.165) is 40.5 Å². The Morgan fingerprint density at radius 1 is 1.07 bits per heavy atom. The van der Waals surface area contributed by atoms with Crippen molar-refractivity contribution in [3.63, 3.8) is 0 Å². The fourth-order valence-electron chi connectivity index (χ4n) is 3.30. The monoisotopic (exact) mass is 358 g/mol. The van der Waals surface area contributed by atoms with E-state index in [4.69, 9.17) is 4.98 Å². The molecule has 27 heavy (non-hydrogen) atoms. The van der Waals surface area contributed by atoms with Crippen LogP contribution in [0.4, 0.5) is 5.82 Å². The van der Waals surface area contributed by atoms with Crippen LogP contribution in [-0.4, -0.2) is 20.7 Å². The number of nitrogens with zero attached hydrogens (tertiary/aromatic N) is 3. The van der Waals surface area contributed by atoms with Crippen LogP contribution in [0.5, 0.6) is 0 Å². The summed E-state index contributed by atoms with van der Waals surface area (Å²) < 4.78 is 1.88. The maximum Gasteiger partial charge on any atom is 0.256 e. The number of hydrogen-bond donors (Lipinski definition) is 1. The van der Waals surface area contributed by atoms with Crippen LogP contribution in [0, 0.1) is 13.8 Å². The second-order valence-electron chi connectivity index (χ2n) is 6.95. The molecule has 2 aromatic heterocycles. The fraction of sp³-hybridized carbons (Fsp3) is 0.227. The summed E-state index contributed by atoms with van der Waals surface area (Å²) >= 11 is 0. The van der Waals surface area contributed by atoms with E-state index in [1.54, 1.807) is 0 Å². The number of pyridine rings is 1. The van der Waals surface area contributed by atoms with Crippen LogP contribution < -0.4 is 5.32 Å². The average molecular weight is 358 g/mol. The van der Waals surface area contributed by atoms with Crippen molar-refractivity contribution >= 4 is 33.7 Å². The summed E-state index contributed by atoms with van der Waals surface area (Å²) in [4.78, 5) is 17.5. The molecule has 1 N–H and O–H groups in total. The topological polar surface area (TPSA) is 59.8 Å². The minimum atomic E-state index is -0.161. The van der Waals surface area contributed by atoms with Gasteiger partial charge in [-0.15, -0.1) is 0 Å². The third-order valence-electron chi connectivity index (χ3n) is 4.62. The quantitative estimate of drug-likeness (QED) is 0.566. The van der Waals surface area contributed by atoms with Gasteiger partial charge in [-0.3, -0.25) is 4.79 Å². The largest absolute Gasteiger partial charge is 0.305 e. The van der Waals surface area contributed by atoms with Crippen LogP contribution in [0.1, 0.15) is 34.8 Å². The second kappa shape index (κ2) is 6.83. The van der Waals surface area contributed by atoms with Crippen molar-refractivity contribution in [2.24, 2.45) is 0 Å². The Morgan fingerprint density at radius 2 is 1.89 bits per heavy atom. The Kier molecular flexibility index (Phi) is 4.36. The van der Waals surface area contributed by atoms with Crippen molar-refractivity contribution < 1.29 is 4.79 Å². The van der Waals surface area contributed by atoms with Crippen molar-refractivity contribution in [1.82, 2.24) is 14.8 Å². The number of amides is 1. The number of nitrogens with one attached hydrogen (secondary N) is 1. The van der Waals surface area contributed by atoms with Gasteiger partial charge in [0.2, 0.25) is 0 Å². The van der Waals surface area contributed by atoms with Crippen molar-refractivity contribution in [1.29, 1.82) is 0 Å². The molecule has 0 aliphatic rings. The summed E-state index contributed by atoms with van der Waals surface area (Å²) in [6.07, 6.45) is 0.940. The molecule has 0 bridgehead atoms. The molecule has 0 fully saturated rings. The van der Waals surface area contributed by atoms with Gasteiger partial charge in [-0.2, -0.15) is 5.10 Å². The number of carbonyl (C=O) groups excluding carboxylic acids is 1. The lowest BCUT2D eigenvalue weighted by Gasteiger charge is -2.04. The summed E-state index contributed by atoms with van der Waals surface area (Å²) in [7, 11) is 0. The molecule has 0 saturated heterocycles. The normalized spacial score (nSPS) is 11.2. The van der Waals surface area contributed by atoms with Crippen LogP contribution in [0.2, 0.25) is 0 Å². The van der Waals surface area contributed by atoms with Crippen molar-refractivity contribution in [3.8, 4) is 0 Å². The van der Waals surface area contributed by atoms with Gasteiger partial charge < -0.3 is 5.32 Å². The van der Waals surface area contributed by atoms with E-state index in [9.17, 15) is 4.79 Å². The molecule has 0 saturated carbocycles. The second-order valence-corrected chi connectivity index (χ2v) is 6.95. The van der Waals surface area contributed by atoms with E-state index in [1.165, 1.54) is 5.56 Å². The molecular weight excluding hydrogens is 336 g/mol. The van der Waals surface area contributed by atoms with E-state index in [0.29, 0.717) is 11.4 Å². The third-order valence-corrected chi connectivity index (χ3v) is 4.62. The summed E-state index contributed by atoms with van der Waals surface area (Å²) in [5, 5.41) is 9.52.